The highest BCUT2D eigenvalue weighted by Crippen LogP contribution is 2.16. The molecule has 0 amide bonds. The Morgan fingerprint density at radius 2 is 1.75 bits per heavy atom. The lowest BCUT2D eigenvalue weighted by atomic mass is 10.4. The van der Waals surface area contributed by atoms with E-state index in [0.717, 1.165) is 0 Å². The fourth-order valence-electron chi connectivity index (χ4n) is 0.851. The Morgan fingerprint density at radius 3 is 2.08 bits per heavy atom. The molecule has 1 aliphatic heterocycles. The molecule has 0 aromatic rings. The molecule has 0 aromatic heterocycles. The average Bonchev–Trinajstić information content (AvgIpc) is 2.16. The van der Waals surface area contributed by atoms with E-state index in [1.165, 1.54) is 0 Å². The molecule has 1 rings (SSSR count). The zero-order chi connectivity index (χ0) is 8.97. The van der Waals surface area contributed by atoms with E-state index in [-0.39, 0.29) is 5.50 Å². The highest BCUT2D eigenvalue weighted by molar-refractivity contribution is 7.99. The van der Waals surface area contributed by atoms with Gasteiger partial charge in [-0.25, -0.2) is 9.98 Å². The first-order valence-corrected chi connectivity index (χ1v) is 4.83. The van der Waals surface area contributed by atoms with Crippen molar-refractivity contribution in [2.24, 2.45) is 9.98 Å². The maximum absolute atomic E-state index is 5.03. The smallest absolute Gasteiger partial charge is 0.195 e. The molecule has 0 aliphatic carbocycles. The SMILES string of the molecule is COC1=NC(SC)N=C(OC)C1. The topological polar surface area (TPSA) is 43.2 Å². The number of hydrogen-bond acceptors (Lipinski definition) is 5. The van der Waals surface area contributed by atoms with Gasteiger partial charge in [0.25, 0.3) is 0 Å². The number of ether oxygens (including phenoxy) is 2. The van der Waals surface area contributed by atoms with Crippen LogP contribution in [0, 0.1) is 0 Å². The predicted octanol–water partition coefficient (Wildman–Crippen LogP) is 1.13. The summed E-state index contributed by atoms with van der Waals surface area (Å²) in [6, 6.07) is 0. The number of hydrogen-bond donors (Lipinski definition) is 0. The number of methoxy groups -OCH3 is 2. The first kappa shape index (κ1) is 9.38. The quantitative estimate of drug-likeness (QED) is 0.619. The third-order valence-electron chi connectivity index (χ3n) is 1.49. The summed E-state index contributed by atoms with van der Waals surface area (Å²) in [4.78, 5) is 8.41. The summed E-state index contributed by atoms with van der Waals surface area (Å²) in [6.07, 6.45) is 2.51. The van der Waals surface area contributed by atoms with Gasteiger partial charge in [0, 0.05) is 0 Å². The van der Waals surface area contributed by atoms with Gasteiger partial charge in [0.15, 0.2) is 17.3 Å². The van der Waals surface area contributed by atoms with Crippen LogP contribution < -0.4 is 0 Å². The Hall–Kier alpha value is -0.710. The largest absolute Gasteiger partial charge is 0.484 e. The third-order valence-corrected chi connectivity index (χ3v) is 2.13. The van der Waals surface area contributed by atoms with Gasteiger partial charge < -0.3 is 9.47 Å². The van der Waals surface area contributed by atoms with Crippen LogP contribution in [0.15, 0.2) is 9.98 Å². The van der Waals surface area contributed by atoms with Crippen molar-refractivity contribution in [2.45, 2.75) is 11.9 Å². The van der Waals surface area contributed by atoms with Gasteiger partial charge in [0.2, 0.25) is 0 Å². The maximum atomic E-state index is 5.03. The van der Waals surface area contributed by atoms with Crippen molar-refractivity contribution in [2.75, 3.05) is 20.5 Å². The molecular weight excluding hydrogens is 176 g/mol. The van der Waals surface area contributed by atoms with Crippen LogP contribution in [0.3, 0.4) is 0 Å². The maximum Gasteiger partial charge on any atom is 0.195 e. The number of thioether (sulfide) groups is 1. The van der Waals surface area contributed by atoms with Gasteiger partial charge in [-0.1, -0.05) is 0 Å². The van der Waals surface area contributed by atoms with Crippen molar-refractivity contribution >= 4 is 23.6 Å². The summed E-state index contributed by atoms with van der Waals surface area (Å²) in [7, 11) is 3.21. The molecular formula is C7H12N2O2S. The minimum Gasteiger partial charge on any atom is -0.484 e. The number of aliphatic imine (C=N–C) groups is 2. The van der Waals surface area contributed by atoms with E-state index in [1.54, 1.807) is 26.0 Å². The second kappa shape index (κ2) is 4.35. The van der Waals surface area contributed by atoms with Gasteiger partial charge in [0.1, 0.15) is 0 Å². The number of rotatable bonds is 1. The van der Waals surface area contributed by atoms with E-state index in [0.29, 0.717) is 18.2 Å². The Bertz CT molecular complexity index is 195. The van der Waals surface area contributed by atoms with Crippen LogP contribution in [0.1, 0.15) is 6.42 Å². The zero-order valence-electron chi connectivity index (χ0n) is 7.40. The van der Waals surface area contributed by atoms with Crippen LogP contribution in [0.2, 0.25) is 0 Å². The highest BCUT2D eigenvalue weighted by Gasteiger charge is 2.16. The molecule has 0 radical (unpaired) electrons. The van der Waals surface area contributed by atoms with Crippen molar-refractivity contribution in [1.29, 1.82) is 0 Å². The average molecular weight is 188 g/mol. The minimum atomic E-state index is -0.108. The summed E-state index contributed by atoms with van der Waals surface area (Å²) >= 11 is 1.55. The van der Waals surface area contributed by atoms with Crippen LogP contribution in [-0.2, 0) is 9.47 Å². The molecule has 5 heteroatoms. The zero-order valence-corrected chi connectivity index (χ0v) is 8.22. The van der Waals surface area contributed by atoms with Crippen LogP contribution in [0.4, 0.5) is 0 Å². The predicted molar refractivity (Wildman–Crippen MR) is 50.8 cm³/mol. The van der Waals surface area contributed by atoms with Crippen LogP contribution in [0.25, 0.3) is 0 Å². The van der Waals surface area contributed by atoms with Crippen molar-refractivity contribution in [3.63, 3.8) is 0 Å². The van der Waals surface area contributed by atoms with E-state index in [1.807, 2.05) is 6.26 Å². The lowest BCUT2D eigenvalue weighted by Gasteiger charge is -2.15. The second-order valence-electron chi connectivity index (χ2n) is 2.19. The van der Waals surface area contributed by atoms with Gasteiger partial charge in [0.05, 0.1) is 20.6 Å². The Kier molecular flexibility index (Phi) is 3.40. The Balaban J connectivity index is 2.67. The van der Waals surface area contributed by atoms with Gasteiger partial charge in [-0.3, -0.25) is 0 Å². The molecule has 68 valence electrons. The Morgan fingerprint density at radius 1 is 1.25 bits per heavy atom. The van der Waals surface area contributed by atoms with Gasteiger partial charge in [-0.15, -0.1) is 11.8 Å². The third kappa shape index (κ3) is 2.14. The fraction of sp³-hybridized carbons (Fsp3) is 0.714. The molecule has 0 aromatic carbocycles. The fourth-order valence-corrected chi connectivity index (χ4v) is 1.30. The summed E-state index contributed by atoms with van der Waals surface area (Å²) in [5, 5.41) is 0. The monoisotopic (exact) mass is 188 g/mol. The first-order chi connectivity index (χ1) is 5.80. The van der Waals surface area contributed by atoms with E-state index in [2.05, 4.69) is 9.98 Å². The van der Waals surface area contributed by atoms with Gasteiger partial charge in [-0.05, 0) is 6.26 Å². The molecule has 0 bridgehead atoms. The summed E-state index contributed by atoms with van der Waals surface area (Å²) in [5.41, 5.74) is -0.108. The molecule has 0 spiro atoms. The minimum absolute atomic E-state index is 0.108. The van der Waals surface area contributed by atoms with Crippen LogP contribution >= 0.6 is 11.8 Å². The molecule has 1 aliphatic rings. The molecule has 0 saturated carbocycles. The molecule has 0 N–H and O–H groups in total. The molecule has 0 atom stereocenters. The van der Waals surface area contributed by atoms with E-state index >= 15 is 0 Å². The lowest BCUT2D eigenvalue weighted by Crippen LogP contribution is -2.20. The molecule has 1 heterocycles. The van der Waals surface area contributed by atoms with Gasteiger partial charge >= 0.3 is 0 Å². The summed E-state index contributed by atoms with van der Waals surface area (Å²) < 4.78 is 10.1. The lowest BCUT2D eigenvalue weighted by molar-refractivity contribution is 0.363. The molecule has 12 heavy (non-hydrogen) atoms. The summed E-state index contributed by atoms with van der Waals surface area (Å²) in [5.74, 6) is 1.36. The van der Waals surface area contributed by atoms with Crippen LogP contribution in [0.5, 0.6) is 0 Å². The number of nitrogens with zero attached hydrogens (tertiary/aromatic N) is 2. The van der Waals surface area contributed by atoms with E-state index < -0.39 is 0 Å². The standard InChI is InChI=1S/C7H12N2O2S/c1-10-5-4-6(11-2)9-7(8-5)12-3/h7H,4H2,1-3H3. The molecule has 4 nitrogen and oxygen atoms in total. The van der Waals surface area contributed by atoms with E-state index in [4.69, 9.17) is 9.47 Å². The van der Waals surface area contributed by atoms with E-state index in [9.17, 15) is 0 Å². The normalized spacial score (nSPS) is 18.2. The van der Waals surface area contributed by atoms with Crippen molar-refractivity contribution in [3.8, 4) is 0 Å². The van der Waals surface area contributed by atoms with Crippen molar-refractivity contribution in [3.05, 3.63) is 0 Å². The van der Waals surface area contributed by atoms with Crippen molar-refractivity contribution in [1.82, 2.24) is 0 Å². The van der Waals surface area contributed by atoms with Crippen LogP contribution in [-0.4, -0.2) is 37.8 Å². The van der Waals surface area contributed by atoms with Crippen molar-refractivity contribution < 1.29 is 9.47 Å². The molecule has 0 unspecified atom stereocenters. The first-order valence-electron chi connectivity index (χ1n) is 3.54. The second-order valence-corrected chi connectivity index (χ2v) is 3.09. The molecule has 0 saturated heterocycles. The summed E-state index contributed by atoms with van der Waals surface area (Å²) in [6.45, 7) is 0. The van der Waals surface area contributed by atoms with Gasteiger partial charge in [-0.2, -0.15) is 0 Å². The highest BCUT2D eigenvalue weighted by atomic mass is 32.2. The Labute approximate surface area is 76.1 Å². The molecule has 0 fully saturated rings.